The number of nitrogens with zero attached hydrogens (tertiary/aromatic N) is 1. The van der Waals surface area contributed by atoms with Crippen LogP contribution in [0.3, 0.4) is 0 Å². The van der Waals surface area contributed by atoms with Crippen LogP contribution >= 0.6 is 0 Å². The lowest BCUT2D eigenvalue weighted by molar-refractivity contribution is -0.134. The maximum atomic E-state index is 13.4. The van der Waals surface area contributed by atoms with Crippen molar-refractivity contribution in [2.75, 3.05) is 18.5 Å². The second-order valence-corrected chi connectivity index (χ2v) is 9.29. The zero-order chi connectivity index (χ0) is 23.5. The zero-order valence-corrected chi connectivity index (χ0v) is 19.3. The van der Waals surface area contributed by atoms with Gasteiger partial charge >= 0.3 is 6.09 Å². The van der Waals surface area contributed by atoms with E-state index in [-0.39, 0.29) is 11.8 Å². The molecule has 4 rings (SSSR count). The van der Waals surface area contributed by atoms with Crippen LogP contribution < -0.4 is 15.5 Å². The molecule has 3 amide bonds. The molecule has 2 atom stereocenters. The molecule has 1 heterocycles. The maximum Gasteiger partial charge on any atom is 0.407 e. The summed E-state index contributed by atoms with van der Waals surface area (Å²) in [5.74, 6) is -0.0896. The first-order chi connectivity index (χ1) is 15.8. The number of amides is 3. The van der Waals surface area contributed by atoms with Gasteiger partial charge in [-0.2, -0.15) is 0 Å². The number of nitrogens with one attached hydrogen (secondary N) is 2. The molecule has 2 unspecified atom stereocenters. The number of rotatable bonds is 7. The predicted octanol–water partition coefficient (Wildman–Crippen LogP) is 4.04. The number of benzene rings is 2. The molecule has 7 heteroatoms. The van der Waals surface area contributed by atoms with Gasteiger partial charge in [0.15, 0.2) is 6.10 Å². The van der Waals surface area contributed by atoms with Gasteiger partial charge in [0.1, 0.15) is 6.04 Å². The van der Waals surface area contributed by atoms with Crippen molar-refractivity contribution in [2.45, 2.75) is 45.3 Å². The fraction of sp³-hybridized carbons (Fsp3) is 0.423. The van der Waals surface area contributed by atoms with E-state index in [2.05, 4.69) is 10.6 Å². The first-order valence-electron chi connectivity index (χ1n) is 11.6. The van der Waals surface area contributed by atoms with Crippen molar-refractivity contribution in [2.24, 2.45) is 11.8 Å². The van der Waals surface area contributed by atoms with Crippen LogP contribution in [0.4, 0.5) is 10.5 Å². The van der Waals surface area contributed by atoms with Crippen molar-refractivity contribution in [1.82, 2.24) is 10.6 Å². The van der Waals surface area contributed by atoms with Gasteiger partial charge in [-0.3, -0.25) is 9.59 Å². The van der Waals surface area contributed by atoms with E-state index in [1.807, 2.05) is 62.4 Å². The third kappa shape index (κ3) is 5.18. The molecule has 2 aromatic rings. The molecule has 1 fully saturated rings. The molecule has 1 aliphatic carbocycles. The van der Waals surface area contributed by atoms with Gasteiger partial charge in [-0.25, -0.2) is 4.79 Å². The van der Waals surface area contributed by atoms with Crippen molar-refractivity contribution in [1.29, 1.82) is 0 Å². The van der Waals surface area contributed by atoms with Crippen LogP contribution in [-0.2, 0) is 14.3 Å². The first-order valence-corrected chi connectivity index (χ1v) is 11.6. The summed E-state index contributed by atoms with van der Waals surface area (Å²) in [5.41, 5.74) is 3.31. The maximum absolute atomic E-state index is 13.4. The van der Waals surface area contributed by atoms with Gasteiger partial charge in [-0.05, 0) is 48.3 Å². The minimum Gasteiger partial charge on any atom is -0.436 e. The van der Waals surface area contributed by atoms with Crippen LogP contribution in [-0.4, -0.2) is 37.6 Å². The molecule has 2 N–H and O–H groups in total. The summed E-state index contributed by atoms with van der Waals surface area (Å²) in [6.45, 7) is 4.48. The number of ether oxygens (including phenoxy) is 1. The highest BCUT2D eigenvalue weighted by atomic mass is 16.6. The van der Waals surface area contributed by atoms with Gasteiger partial charge in [0.2, 0.25) is 0 Å². The minimum absolute atomic E-state index is 0.126. The number of fused-ring (bicyclic) bond motifs is 3. The van der Waals surface area contributed by atoms with E-state index in [0.29, 0.717) is 24.4 Å². The standard InChI is InChI=1S/C26H31N3O4/c1-16(2)14-22(33-26(32)27-15-17-12-13-17)24(30)28-23-20-10-5-4-8-18(20)19-9-6-7-11-21(19)29(3)25(23)31/h4-11,16-17,22-23H,12-15H2,1-3H3,(H,27,32)(H,28,30). The lowest BCUT2D eigenvalue weighted by Crippen LogP contribution is -2.46. The molecule has 33 heavy (non-hydrogen) atoms. The van der Waals surface area contributed by atoms with Crippen molar-refractivity contribution in [3.63, 3.8) is 0 Å². The lowest BCUT2D eigenvalue weighted by atomic mass is 9.95. The molecule has 7 nitrogen and oxygen atoms in total. The van der Waals surface area contributed by atoms with Crippen LogP contribution in [0, 0.1) is 11.8 Å². The van der Waals surface area contributed by atoms with E-state index in [0.717, 1.165) is 29.7 Å². The molecule has 0 bridgehead atoms. The van der Waals surface area contributed by atoms with E-state index in [9.17, 15) is 14.4 Å². The molecule has 0 saturated heterocycles. The van der Waals surface area contributed by atoms with Gasteiger partial charge in [-0.15, -0.1) is 0 Å². The molecular formula is C26H31N3O4. The topological polar surface area (TPSA) is 87.7 Å². The van der Waals surface area contributed by atoms with Crippen LogP contribution in [0.2, 0.25) is 0 Å². The zero-order valence-electron chi connectivity index (χ0n) is 19.3. The number of anilines is 1. The van der Waals surface area contributed by atoms with Crippen LogP contribution in [0.5, 0.6) is 0 Å². The Hall–Kier alpha value is -3.35. The summed E-state index contributed by atoms with van der Waals surface area (Å²) in [6.07, 6.45) is 0.992. The van der Waals surface area contributed by atoms with Gasteiger partial charge < -0.3 is 20.3 Å². The third-order valence-electron chi connectivity index (χ3n) is 6.15. The molecular weight excluding hydrogens is 418 g/mol. The quantitative estimate of drug-likeness (QED) is 0.668. The summed E-state index contributed by atoms with van der Waals surface area (Å²) < 4.78 is 5.50. The molecule has 0 spiro atoms. The number of carbonyl (C=O) groups excluding carboxylic acids is 3. The molecule has 1 saturated carbocycles. The van der Waals surface area contributed by atoms with E-state index >= 15 is 0 Å². The van der Waals surface area contributed by atoms with E-state index in [1.165, 1.54) is 0 Å². The highest BCUT2D eigenvalue weighted by Gasteiger charge is 2.35. The molecule has 0 aromatic heterocycles. The first kappa shape index (κ1) is 22.8. The Morgan fingerprint density at radius 3 is 2.42 bits per heavy atom. The SMILES string of the molecule is CC(C)CC(OC(=O)NCC1CC1)C(=O)NC1C(=O)N(C)c2ccccc2-c2ccccc21. The van der Waals surface area contributed by atoms with Crippen LogP contribution in [0.25, 0.3) is 11.1 Å². The average molecular weight is 450 g/mol. The Balaban J connectivity index is 1.58. The fourth-order valence-electron chi connectivity index (χ4n) is 4.17. The highest BCUT2D eigenvalue weighted by molar-refractivity contribution is 6.06. The smallest absolute Gasteiger partial charge is 0.407 e. The highest BCUT2D eigenvalue weighted by Crippen LogP contribution is 2.39. The van der Waals surface area contributed by atoms with Crippen molar-refractivity contribution < 1.29 is 19.1 Å². The van der Waals surface area contributed by atoms with Gasteiger partial charge in [0, 0.05) is 19.2 Å². The molecule has 2 aliphatic rings. The largest absolute Gasteiger partial charge is 0.436 e. The van der Waals surface area contributed by atoms with Crippen molar-refractivity contribution in [3.05, 3.63) is 54.1 Å². The number of alkyl carbamates (subject to hydrolysis) is 1. The van der Waals surface area contributed by atoms with Crippen molar-refractivity contribution >= 4 is 23.6 Å². The Labute approximate surface area is 194 Å². The summed E-state index contributed by atoms with van der Waals surface area (Å²) in [7, 11) is 1.71. The third-order valence-corrected chi connectivity index (χ3v) is 6.15. The normalized spacial score (nSPS) is 18.1. The van der Waals surface area contributed by atoms with E-state index < -0.39 is 24.1 Å². The summed E-state index contributed by atoms with van der Waals surface area (Å²) >= 11 is 0. The van der Waals surface area contributed by atoms with Gasteiger partial charge in [-0.1, -0.05) is 56.3 Å². The molecule has 2 aromatic carbocycles. The summed E-state index contributed by atoms with van der Waals surface area (Å²) in [5, 5.41) is 5.63. The number of para-hydroxylation sites is 1. The predicted molar refractivity (Wildman–Crippen MR) is 127 cm³/mol. The minimum atomic E-state index is -0.986. The lowest BCUT2D eigenvalue weighted by Gasteiger charge is -2.25. The molecule has 1 aliphatic heterocycles. The van der Waals surface area contributed by atoms with E-state index in [1.54, 1.807) is 11.9 Å². The fourth-order valence-corrected chi connectivity index (χ4v) is 4.17. The summed E-state index contributed by atoms with van der Waals surface area (Å²) in [4.78, 5) is 40.6. The number of hydrogen-bond donors (Lipinski definition) is 2. The van der Waals surface area contributed by atoms with Crippen LogP contribution in [0.15, 0.2) is 48.5 Å². The molecule has 0 radical (unpaired) electrons. The second-order valence-electron chi connectivity index (χ2n) is 9.29. The van der Waals surface area contributed by atoms with Crippen molar-refractivity contribution in [3.8, 4) is 11.1 Å². The Morgan fingerprint density at radius 1 is 1.06 bits per heavy atom. The molecule has 174 valence electrons. The monoisotopic (exact) mass is 449 g/mol. The van der Waals surface area contributed by atoms with Gasteiger partial charge in [0.05, 0.1) is 5.69 Å². The Morgan fingerprint density at radius 2 is 1.73 bits per heavy atom. The number of carbonyl (C=O) groups is 3. The number of likely N-dealkylation sites (N-methyl/N-ethyl adjacent to an activating group) is 1. The average Bonchev–Trinajstić information content (AvgIpc) is 3.64. The Kier molecular flexibility index (Phi) is 6.67. The number of hydrogen-bond acceptors (Lipinski definition) is 4. The summed E-state index contributed by atoms with van der Waals surface area (Å²) in [6, 6.07) is 14.4. The Bertz CT molecular complexity index is 1050. The van der Waals surface area contributed by atoms with Gasteiger partial charge in [0.25, 0.3) is 11.8 Å². The second kappa shape index (κ2) is 9.65. The van der Waals surface area contributed by atoms with Crippen LogP contribution in [0.1, 0.15) is 44.7 Å². The van der Waals surface area contributed by atoms with E-state index in [4.69, 9.17) is 4.74 Å².